The molecule has 3 N–H and O–H groups in total. The summed E-state index contributed by atoms with van der Waals surface area (Å²) in [4.78, 5) is 13.6. The molecule has 0 aliphatic carbocycles. The van der Waals surface area contributed by atoms with Crippen molar-refractivity contribution in [1.29, 1.82) is 0 Å². The molecule has 2 atom stereocenters. The second-order valence-electron chi connectivity index (χ2n) is 4.91. The Balaban J connectivity index is 1.75. The van der Waals surface area contributed by atoms with Gasteiger partial charge in [0.1, 0.15) is 0 Å². The highest BCUT2D eigenvalue weighted by Crippen LogP contribution is 2.19. The lowest BCUT2D eigenvalue weighted by molar-refractivity contribution is 0.164. The van der Waals surface area contributed by atoms with Crippen LogP contribution in [0.1, 0.15) is 6.42 Å². The number of nitrogens with one attached hydrogen (secondary N) is 1. The molecule has 106 valence electrons. The number of carbonyl (C=O) groups is 1. The molecule has 0 unspecified atom stereocenters. The summed E-state index contributed by atoms with van der Waals surface area (Å²) in [5, 5.41) is 25.7. The zero-order chi connectivity index (χ0) is 14.1. The molecular formula is C13H16N4O3. The summed E-state index contributed by atoms with van der Waals surface area (Å²) >= 11 is 0. The van der Waals surface area contributed by atoms with Crippen molar-refractivity contribution in [3.8, 4) is 0 Å². The fraction of sp³-hybridized carbons (Fsp3) is 0.385. The van der Waals surface area contributed by atoms with Gasteiger partial charge < -0.3 is 15.1 Å². The van der Waals surface area contributed by atoms with Crippen LogP contribution < -0.4 is 5.32 Å². The van der Waals surface area contributed by atoms with Crippen LogP contribution in [0.3, 0.4) is 0 Å². The number of carbonyl (C=O) groups excluding carboxylic acids is 1. The highest BCUT2D eigenvalue weighted by molar-refractivity contribution is 5.89. The number of nitrogens with zero attached hydrogens (tertiary/aromatic N) is 3. The van der Waals surface area contributed by atoms with E-state index in [0.29, 0.717) is 12.2 Å². The quantitative estimate of drug-likeness (QED) is 0.735. The summed E-state index contributed by atoms with van der Waals surface area (Å²) in [5.74, 6) is 0.444. The number of hydrogen-bond donors (Lipinski definition) is 3. The van der Waals surface area contributed by atoms with Gasteiger partial charge in [-0.25, -0.2) is 9.31 Å². The van der Waals surface area contributed by atoms with Crippen LogP contribution in [-0.4, -0.2) is 56.1 Å². The van der Waals surface area contributed by atoms with Gasteiger partial charge in [0.2, 0.25) is 0 Å². The monoisotopic (exact) mass is 276 g/mol. The maximum Gasteiger partial charge on any atom is 0.323 e. The lowest BCUT2D eigenvalue weighted by atomic mass is 10.2. The predicted octanol–water partition coefficient (Wildman–Crippen LogP) is 0.294. The molecule has 7 nitrogen and oxygen atoms in total. The average Bonchev–Trinajstić information content (AvgIpc) is 3.00. The van der Waals surface area contributed by atoms with Gasteiger partial charge >= 0.3 is 6.03 Å². The van der Waals surface area contributed by atoms with Gasteiger partial charge in [0.15, 0.2) is 5.82 Å². The highest BCUT2D eigenvalue weighted by atomic mass is 16.3. The molecule has 2 aromatic heterocycles. The summed E-state index contributed by atoms with van der Waals surface area (Å²) < 4.78 is 1.66. The van der Waals surface area contributed by atoms with Crippen LogP contribution in [0.2, 0.25) is 0 Å². The molecule has 0 aromatic carbocycles. The normalized spacial score (nSPS) is 22.4. The second-order valence-corrected chi connectivity index (χ2v) is 4.91. The van der Waals surface area contributed by atoms with E-state index in [1.54, 1.807) is 16.8 Å². The number of hydrogen-bond acceptors (Lipinski definition) is 4. The van der Waals surface area contributed by atoms with Gasteiger partial charge in [-0.3, -0.25) is 5.32 Å². The van der Waals surface area contributed by atoms with Crippen molar-refractivity contribution in [2.45, 2.75) is 18.6 Å². The lowest BCUT2D eigenvalue weighted by Gasteiger charge is -2.22. The van der Waals surface area contributed by atoms with Crippen LogP contribution >= 0.6 is 0 Å². The van der Waals surface area contributed by atoms with Crippen LogP contribution in [0.15, 0.2) is 30.5 Å². The number of aliphatic hydroxyl groups excluding tert-OH is 2. The highest BCUT2D eigenvalue weighted by Gasteiger charge is 2.34. The Hall–Kier alpha value is -2.12. The first-order chi connectivity index (χ1) is 9.67. The molecule has 7 heteroatoms. The molecule has 2 amide bonds. The van der Waals surface area contributed by atoms with Gasteiger partial charge in [0.05, 0.1) is 24.3 Å². The first-order valence-electron chi connectivity index (χ1n) is 6.48. The van der Waals surface area contributed by atoms with Crippen molar-refractivity contribution in [2.75, 3.05) is 18.5 Å². The van der Waals surface area contributed by atoms with E-state index in [9.17, 15) is 15.0 Å². The van der Waals surface area contributed by atoms with Crippen LogP contribution in [0.5, 0.6) is 0 Å². The summed E-state index contributed by atoms with van der Waals surface area (Å²) in [7, 11) is 0. The van der Waals surface area contributed by atoms with Crippen molar-refractivity contribution in [3.63, 3.8) is 0 Å². The van der Waals surface area contributed by atoms with E-state index in [4.69, 9.17) is 0 Å². The number of anilines is 1. The fourth-order valence-electron chi connectivity index (χ4n) is 2.49. The van der Waals surface area contributed by atoms with E-state index < -0.39 is 6.10 Å². The van der Waals surface area contributed by atoms with Crippen molar-refractivity contribution in [3.05, 3.63) is 30.5 Å². The zero-order valence-corrected chi connectivity index (χ0v) is 10.8. The average molecular weight is 276 g/mol. The van der Waals surface area contributed by atoms with E-state index in [0.717, 1.165) is 5.52 Å². The second kappa shape index (κ2) is 5.10. The Bertz CT molecular complexity index is 594. The Kier molecular flexibility index (Phi) is 3.29. The van der Waals surface area contributed by atoms with E-state index in [1.807, 2.05) is 18.2 Å². The molecule has 0 radical (unpaired) electrons. The van der Waals surface area contributed by atoms with Crippen molar-refractivity contribution >= 4 is 17.4 Å². The Morgan fingerprint density at radius 2 is 2.35 bits per heavy atom. The summed E-state index contributed by atoms with van der Waals surface area (Å²) in [6.07, 6.45) is 1.61. The first kappa shape index (κ1) is 12.9. The van der Waals surface area contributed by atoms with Gasteiger partial charge in [-0.2, -0.15) is 0 Å². The molecule has 3 rings (SSSR count). The third-order valence-electron chi connectivity index (χ3n) is 3.47. The number of likely N-dealkylation sites (tertiary alicyclic amines) is 1. The Labute approximate surface area is 115 Å². The molecule has 0 saturated carbocycles. The van der Waals surface area contributed by atoms with Crippen molar-refractivity contribution in [2.24, 2.45) is 0 Å². The zero-order valence-electron chi connectivity index (χ0n) is 10.8. The number of rotatable bonds is 2. The third-order valence-corrected chi connectivity index (χ3v) is 3.47. The van der Waals surface area contributed by atoms with Crippen LogP contribution in [0.25, 0.3) is 5.52 Å². The van der Waals surface area contributed by atoms with E-state index in [-0.39, 0.29) is 25.2 Å². The first-order valence-corrected chi connectivity index (χ1v) is 6.48. The topological polar surface area (TPSA) is 90.1 Å². The molecule has 0 bridgehead atoms. The number of aromatic nitrogens is 2. The molecule has 1 saturated heterocycles. The molecule has 3 heterocycles. The minimum absolute atomic E-state index is 0.157. The number of amides is 2. The fourth-order valence-corrected chi connectivity index (χ4v) is 2.49. The van der Waals surface area contributed by atoms with Crippen LogP contribution in [0.4, 0.5) is 10.6 Å². The number of aliphatic hydroxyl groups is 2. The van der Waals surface area contributed by atoms with Gasteiger partial charge in [-0.1, -0.05) is 6.07 Å². The Morgan fingerprint density at radius 1 is 1.50 bits per heavy atom. The van der Waals surface area contributed by atoms with Crippen molar-refractivity contribution in [1.82, 2.24) is 14.5 Å². The van der Waals surface area contributed by atoms with E-state index >= 15 is 0 Å². The largest absolute Gasteiger partial charge is 0.394 e. The number of pyridine rings is 1. The SMILES string of the molecule is O=C(Nc1cc2ccccn2n1)N1C[C@H](O)C[C@H]1CO. The predicted molar refractivity (Wildman–Crippen MR) is 72.4 cm³/mol. The van der Waals surface area contributed by atoms with E-state index in [1.165, 1.54) is 4.90 Å². The van der Waals surface area contributed by atoms with Gasteiger partial charge in [0, 0.05) is 18.8 Å². The van der Waals surface area contributed by atoms with Crippen LogP contribution in [-0.2, 0) is 0 Å². The van der Waals surface area contributed by atoms with Gasteiger partial charge in [-0.05, 0) is 18.6 Å². The minimum Gasteiger partial charge on any atom is -0.394 e. The molecule has 1 fully saturated rings. The van der Waals surface area contributed by atoms with Gasteiger partial charge in [0.25, 0.3) is 0 Å². The van der Waals surface area contributed by atoms with Crippen LogP contribution in [0, 0.1) is 0 Å². The summed E-state index contributed by atoms with van der Waals surface area (Å²) in [6.45, 7) is 0.0695. The van der Waals surface area contributed by atoms with E-state index in [2.05, 4.69) is 10.4 Å². The maximum absolute atomic E-state index is 12.1. The lowest BCUT2D eigenvalue weighted by Crippen LogP contribution is -2.40. The standard InChI is InChI=1S/C13H16N4O3/c18-8-10-5-11(19)7-16(10)13(20)14-12-6-9-3-1-2-4-17(9)15-12/h1-4,6,10-11,18-19H,5,7-8H2,(H,14,15,20)/t10-,11+/m0/s1. The number of fused-ring (bicyclic) bond motifs is 1. The summed E-state index contributed by atoms with van der Waals surface area (Å²) in [6, 6.07) is 6.69. The molecule has 2 aromatic rings. The number of urea groups is 1. The molecule has 0 spiro atoms. The maximum atomic E-state index is 12.1. The van der Waals surface area contributed by atoms with Crippen molar-refractivity contribution < 1.29 is 15.0 Å². The number of β-amino-alcohol motifs (C(OH)–C–C–N with tert-alkyl or cyclic N) is 1. The molecule has 1 aliphatic heterocycles. The molecular weight excluding hydrogens is 260 g/mol. The molecule has 20 heavy (non-hydrogen) atoms. The third kappa shape index (κ3) is 2.33. The summed E-state index contributed by atoms with van der Waals surface area (Å²) in [5.41, 5.74) is 0.878. The minimum atomic E-state index is -0.584. The Morgan fingerprint density at radius 3 is 3.10 bits per heavy atom. The molecule has 1 aliphatic rings. The van der Waals surface area contributed by atoms with Gasteiger partial charge in [-0.15, -0.1) is 5.10 Å². The smallest absolute Gasteiger partial charge is 0.323 e.